The smallest absolute Gasteiger partial charge is 0.268 e. The molecule has 0 fully saturated rings. The summed E-state index contributed by atoms with van der Waals surface area (Å²) >= 11 is 5.79. The van der Waals surface area contributed by atoms with Crippen LogP contribution in [0.2, 0.25) is 5.02 Å². The number of amides is 2. The van der Waals surface area contributed by atoms with Gasteiger partial charge in [-0.05, 0) is 18.2 Å². The Hall–Kier alpha value is -2.94. The number of imide groups is 1. The van der Waals surface area contributed by atoms with Gasteiger partial charge in [0.05, 0.1) is 26.6 Å². The lowest BCUT2D eigenvalue weighted by atomic mass is 10.1. The maximum absolute atomic E-state index is 12.9. The van der Waals surface area contributed by atoms with Crippen molar-refractivity contribution in [2.24, 2.45) is 0 Å². The van der Waals surface area contributed by atoms with Crippen LogP contribution in [0.3, 0.4) is 0 Å². The first-order valence-electron chi connectivity index (χ1n) is 6.66. The van der Waals surface area contributed by atoms with Crippen LogP contribution >= 0.6 is 11.6 Å². The molecule has 0 unspecified atom stereocenters. The minimum atomic E-state index is -4.88. The van der Waals surface area contributed by atoms with E-state index in [0.29, 0.717) is 11.0 Å². The summed E-state index contributed by atoms with van der Waals surface area (Å²) in [4.78, 5) is 35.4. The quantitative estimate of drug-likeness (QED) is 0.453. The number of carbonyl (C=O) groups excluding carboxylic acids is 2. The van der Waals surface area contributed by atoms with Gasteiger partial charge in [0.15, 0.2) is 0 Å². The second-order valence-electron chi connectivity index (χ2n) is 5.07. The van der Waals surface area contributed by atoms with E-state index < -0.39 is 44.9 Å². The molecule has 2 aromatic rings. The maximum atomic E-state index is 12.9. The van der Waals surface area contributed by atoms with Gasteiger partial charge in [-0.3, -0.25) is 19.7 Å². The van der Waals surface area contributed by atoms with Gasteiger partial charge in [0, 0.05) is 6.07 Å². The van der Waals surface area contributed by atoms with Gasteiger partial charge in [-0.1, -0.05) is 23.7 Å². The summed E-state index contributed by atoms with van der Waals surface area (Å²) in [6, 6.07) is 6.31. The fourth-order valence-electron chi connectivity index (χ4n) is 2.50. The molecule has 0 bridgehead atoms. The van der Waals surface area contributed by atoms with Crippen molar-refractivity contribution in [3.05, 3.63) is 68.2 Å². The van der Waals surface area contributed by atoms with Crippen molar-refractivity contribution in [1.29, 1.82) is 0 Å². The molecule has 6 nitrogen and oxygen atoms in total. The number of hydrogen-bond acceptors (Lipinski definition) is 4. The number of benzene rings is 2. The van der Waals surface area contributed by atoms with E-state index >= 15 is 0 Å². The molecule has 0 aromatic heterocycles. The van der Waals surface area contributed by atoms with Crippen LogP contribution < -0.4 is 4.90 Å². The molecule has 3 rings (SSSR count). The molecular weight excluding hydrogens is 365 g/mol. The van der Waals surface area contributed by atoms with Crippen LogP contribution in [0, 0.1) is 10.1 Å². The first-order valence-corrected chi connectivity index (χ1v) is 7.03. The van der Waals surface area contributed by atoms with Crippen LogP contribution in [0.4, 0.5) is 24.5 Å². The second kappa shape index (κ2) is 5.55. The average Bonchev–Trinajstić information content (AvgIpc) is 2.78. The van der Waals surface area contributed by atoms with Crippen molar-refractivity contribution in [1.82, 2.24) is 0 Å². The van der Waals surface area contributed by atoms with Crippen molar-refractivity contribution in [2.75, 3.05) is 4.90 Å². The molecule has 0 spiro atoms. The average molecular weight is 371 g/mol. The highest BCUT2D eigenvalue weighted by Gasteiger charge is 2.43. The van der Waals surface area contributed by atoms with Crippen LogP contribution in [-0.2, 0) is 6.18 Å². The second-order valence-corrected chi connectivity index (χ2v) is 5.48. The fraction of sp³-hybridized carbons (Fsp3) is 0.0667. The van der Waals surface area contributed by atoms with Crippen molar-refractivity contribution in [3.8, 4) is 0 Å². The van der Waals surface area contributed by atoms with Gasteiger partial charge in [-0.2, -0.15) is 13.2 Å². The number of nitro benzene ring substituents is 1. The SMILES string of the molecule is O=C1c2ccccc2C(=O)N1c1c(Cl)cc(C(F)(F)F)cc1[N+](=O)[O-]. The molecule has 0 radical (unpaired) electrons. The largest absolute Gasteiger partial charge is 0.416 e. The molecule has 128 valence electrons. The molecule has 1 aliphatic rings. The predicted octanol–water partition coefficient (Wildman–Crippen LogP) is 4.07. The molecule has 2 amide bonds. The van der Waals surface area contributed by atoms with Crippen LogP contribution in [0.15, 0.2) is 36.4 Å². The summed E-state index contributed by atoms with van der Waals surface area (Å²) in [5, 5.41) is 10.5. The molecule has 10 heteroatoms. The normalized spacial score (nSPS) is 14.0. The number of fused-ring (bicyclic) bond motifs is 1. The maximum Gasteiger partial charge on any atom is 0.416 e. The zero-order valence-electron chi connectivity index (χ0n) is 12.0. The third-order valence-electron chi connectivity index (χ3n) is 3.58. The molecule has 25 heavy (non-hydrogen) atoms. The fourth-order valence-corrected chi connectivity index (χ4v) is 2.80. The van der Waals surface area contributed by atoms with Crippen LogP contribution in [-0.4, -0.2) is 16.7 Å². The van der Waals surface area contributed by atoms with Gasteiger partial charge in [-0.15, -0.1) is 0 Å². The first kappa shape index (κ1) is 16.9. The Morgan fingerprint density at radius 2 is 1.56 bits per heavy atom. The lowest BCUT2D eigenvalue weighted by Crippen LogP contribution is -2.30. The Balaban J connectivity index is 2.24. The Morgan fingerprint density at radius 3 is 2.00 bits per heavy atom. The summed E-state index contributed by atoms with van der Waals surface area (Å²) in [7, 11) is 0. The van der Waals surface area contributed by atoms with Crippen molar-refractivity contribution < 1.29 is 27.7 Å². The summed E-state index contributed by atoms with van der Waals surface area (Å²) in [6.45, 7) is 0. The van der Waals surface area contributed by atoms with Crippen LogP contribution in [0.1, 0.15) is 26.3 Å². The van der Waals surface area contributed by atoms with Gasteiger partial charge in [0.1, 0.15) is 5.69 Å². The summed E-state index contributed by atoms with van der Waals surface area (Å²) < 4.78 is 38.6. The molecule has 0 saturated heterocycles. The Morgan fingerprint density at radius 1 is 1.04 bits per heavy atom. The minimum Gasteiger partial charge on any atom is -0.268 e. The number of nitro groups is 1. The third-order valence-corrected chi connectivity index (χ3v) is 3.87. The van der Waals surface area contributed by atoms with E-state index in [9.17, 15) is 32.9 Å². The molecule has 2 aromatic carbocycles. The van der Waals surface area contributed by atoms with E-state index in [1.54, 1.807) is 0 Å². The zero-order chi connectivity index (χ0) is 18.5. The van der Waals surface area contributed by atoms with E-state index in [0.717, 1.165) is 0 Å². The number of hydrogen-bond donors (Lipinski definition) is 0. The number of nitrogens with zero attached hydrogens (tertiary/aromatic N) is 2. The zero-order valence-corrected chi connectivity index (χ0v) is 12.8. The molecule has 0 saturated carbocycles. The Bertz CT molecular complexity index is 908. The van der Waals surface area contributed by atoms with Crippen LogP contribution in [0.25, 0.3) is 0 Å². The van der Waals surface area contributed by atoms with Crippen molar-refractivity contribution in [2.45, 2.75) is 6.18 Å². The summed E-state index contributed by atoms with van der Waals surface area (Å²) in [5.74, 6) is -1.80. The molecule has 0 aliphatic carbocycles. The van der Waals surface area contributed by atoms with Crippen LogP contribution in [0.5, 0.6) is 0 Å². The Kier molecular flexibility index (Phi) is 3.76. The van der Waals surface area contributed by atoms with Gasteiger partial charge in [-0.25, -0.2) is 4.90 Å². The monoisotopic (exact) mass is 370 g/mol. The first-order chi connectivity index (χ1) is 11.6. The number of carbonyl (C=O) groups is 2. The number of rotatable bonds is 2. The van der Waals surface area contributed by atoms with Crippen molar-refractivity contribution >= 4 is 34.8 Å². The molecule has 1 aliphatic heterocycles. The van der Waals surface area contributed by atoms with E-state index in [-0.39, 0.29) is 17.2 Å². The Labute approximate surface area is 142 Å². The van der Waals surface area contributed by atoms with E-state index in [2.05, 4.69) is 0 Å². The summed E-state index contributed by atoms with van der Waals surface area (Å²) in [6.07, 6.45) is -4.88. The van der Waals surface area contributed by atoms with Gasteiger partial charge in [0.25, 0.3) is 17.5 Å². The van der Waals surface area contributed by atoms with Gasteiger partial charge >= 0.3 is 6.18 Å². The van der Waals surface area contributed by atoms with E-state index in [1.165, 1.54) is 24.3 Å². The van der Waals surface area contributed by atoms with E-state index in [4.69, 9.17) is 11.6 Å². The van der Waals surface area contributed by atoms with E-state index in [1.807, 2.05) is 0 Å². The highest BCUT2D eigenvalue weighted by molar-refractivity contribution is 6.40. The number of alkyl halides is 3. The lowest BCUT2D eigenvalue weighted by Gasteiger charge is -2.17. The predicted molar refractivity (Wildman–Crippen MR) is 80.7 cm³/mol. The molecule has 0 N–H and O–H groups in total. The molecular formula is C15H6ClF3N2O4. The highest BCUT2D eigenvalue weighted by Crippen LogP contribution is 2.44. The van der Waals surface area contributed by atoms with Crippen molar-refractivity contribution in [3.63, 3.8) is 0 Å². The highest BCUT2D eigenvalue weighted by atomic mass is 35.5. The minimum absolute atomic E-state index is 0.0160. The third kappa shape index (κ3) is 2.62. The topological polar surface area (TPSA) is 80.5 Å². The summed E-state index contributed by atoms with van der Waals surface area (Å²) in [5.41, 5.74) is -3.17. The lowest BCUT2D eigenvalue weighted by molar-refractivity contribution is -0.384. The standard InChI is InChI=1S/C15H6ClF3N2O4/c16-10-5-7(15(17,18)19)6-11(21(24)25)12(10)20-13(22)8-3-1-2-4-9(8)14(20)23/h1-6H. The molecule has 0 atom stereocenters. The number of anilines is 1. The van der Waals surface area contributed by atoms with Gasteiger partial charge in [0.2, 0.25) is 0 Å². The number of halogens is 4. The van der Waals surface area contributed by atoms with Gasteiger partial charge < -0.3 is 0 Å². The molecule has 1 heterocycles.